The number of anilines is 1. The lowest BCUT2D eigenvalue weighted by molar-refractivity contribution is -0.110. The number of likely N-dealkylation sites (N-methyl/N-ethyl adjacent to an activating group) is 1. The zero-order valence-corrected chi connectivity index (χ0v) is 19.6. The first-order chi connectivity index (χ1) is 16.6. The average Bonchev–Trinajstić information content (AvgIpc) is 3.41. The van der Waals surface area contributed by atoms with Gasteiger partial charge in [-0.1, -0.05) is 50.2 Å². The first kappa shape index (κ1) is 22.0. The molecule has 0 saturated carbocycles. The van der Waals surface area contributed by atoms with Crippen molar-refractivity contribution in [2.75, 3.05) is 31.6 Å². The van der Waals surface area contributed by atoms with Crippen LogP contribution in [0.3, 0.4) is 0 Å². The molecule has 1 amide bonds. The number of hydrogen-bond acceptors (Lipinski definition) is 3. The van der Waals surface area contributed by atoms with Gasteiger partial charge in [0, 0.05) is 34.4 Å². The van der Waals surface area contributed by atoms with Crippen LogP contribution in [0, 0.1) is 0 Å². The smallest absolute Gasteiger partial charge is 0.256 e. The highest BCUT2D eigenvalue weighted by Gasteiger charge is 2.24. The molecule has 1 aliphatic rings. The topological polar surface area (TPSA) is 57.4 Å². The van der Waals surface area contributed by atoms with E-state index in [0.29, 0.717) is 12.2 Å². The summed E-state index contributed by atoms with van der Waals surface area (Å²) < 4.78 is 5.97. The lowest BCUT2D eigenvalue weighted by Crippen LogP contribution is -2.27. The normalized spacial score (nSPS) is 14.1. The molecule has 5 heteroatoms. The van der Waals surface area contributed by atoms with E-state index in [1.807, 2.05) is 54.6 Å². The van der Waals surface area contributed by atoms with Gasteiger partial charge in [-0.05, 0) is 66.7 Å². The Balaban J connectivity index is 1.40. The number of rotatable bonds is 8. The first-order valence-corrected chi connectivity index (χ1v) is 11.9. The highest BCUT2D eigenvalue weighted by molar-refractivity contribution is 6.35. The third kappa shape index (κ3) is 4.47. The molecule has 2 N–H and O–H groups in total. The highest BCUT2D eigenvalue weighted by atomic mass is 16.5. The van der Waals surface area contributed by atoms with E-state index in [-0.39, 0.29) is 5.91 Å². The van der Waals surface area contributed by atoms with Crippen molar-refractivity contribution in [1.82, 2.24) is 9.88 Å². The van der Waals surface area contributed by atoms with Crippen molar-refractivity contribution in [3.63, 3.8) is 0 Å². The molecule has 0 saturated heterocycles. The SMILES string of the molecule is CCN(CC)CCOc1ccc2[nH]c(/C=C3\C(=O)Nc4ccc(-c5ccccc5)cc43)cc2c1. The molecule has 0 bridgehead atoms. The summed E-state index contributed by atoms with van der Waals surface area (Å²) in [5.41, 5.74) is 6.54. The number of carbonyl (C=O) groups is 1. The molecule has 0 spiro atoms. The molecule has 0 radical (unpaired) electrons. The van der Waals surface area contributed by atoms with Crippen molar-refractivity contribution in [3.05, 3.63) is 84.1 Å². The largest absolute Gasteiger partial charge is 0.492 e. The summed E-state index contributed by atoms with van der Waals surface area (Å²) in [6.45, 7) is 7.95. The fourth-order valence-electron chi connectivity index (χ4n) is 4.43. The predicted molar refractivity (Wildman–Crippen MR) is 140 cm³/mol. The van der Waals surface area contributed by atoms with Gasteiger partial charge in [0.1, 0.15) is 12.4 Å². The second-order valence-corrected chi connectivity index (χ2v) is 8.49. The number of benzene rings is 3. The minimum absolute atomic E-state index is 0.0840. The van der Waals surface area contributed by atoms with Crippen molar-refractivity contribution in [2.45, 2.75) is 13.8 Å². The molecule has 4 aromatic rings. The van der Waals surface area contributed by atoms with Crippen molar-refractivity contribution in [3.8, 4) is 16.9 Å². The Labute approximate surface area is 200 Å². The second kappa shape index (κ2) is 9.57. The van der Waals surface area contributed by atoms with Gasteiger partial charge in [0.25, 0.3) is 5.91 Å². The van der Waals surface area contributed by atoms with E-state index in [2.05, 4.69) is 53.3 Å². The number of carbonyl (C=O) groups excluding carboxylic acids is 1. The zero-order valence-electron chi connectivity index (χ0n) is 19.6. The molecular formula is C29H29N3O2. The van der Waals surface area contributed by atoms with Crippen molar-refractivity contribution in [1.29, 1.82) is 0 Å². The van der Waals surface area contributed by atoms with E-state index in [1.165, 1.54) is 0 Å². The van der Waals surface area contributed by atoms with Gasteiger partial charge in [-0.3, -0.25) is 4.79 Å². The second-order valence-electron chi connectivity index (χ2n) is 8.49. The lowest BCUT2D eigenvalue weighted by atomic mass is 9.99. The monoisotopic (exact) mass is 451 g/mol. The third-order valence-electron chi connectivity index (χ3n) is 6.39. The van der Waals surface area contributed by atoms with Gasteiger partial charge in [-0.25, -0.2) is 0 Å². The maximum Gasteiger partial charge on any atom is 0.256 e. The summed E-state index contributed by atoms with van der Waals surface area (Å²) in [4.78, 5) is 18.5. The van der Waals surface area contributed by atoms with E-state index in [4.69, 9.17) is 4.74 Å². The van der Waals surface area contributed by atoms with E-state index < -0.39 is 0 Å². The molecule has 172 valence electrons. The van der Waals surface area contributed by atoms with Gasteiger partial charge in [0.05, 0.1) is 5.57 Å². The summed E-state index contributed by atoms with van der Waals surface area (Å²) in [5, 5.41) is 4.05. The van der Waals surface area contributed by atoms with Gasteiger partial charge in [0.2, 0.25) is 0 Å². The van der Waals surface area contributed by atoms with Crippen LogP contribution < -0.4 is 10.1 Å². The molecule has 2 heterocycles. The predicted octanol–water partition coefficient (Wildman–Crippen LogP) is 6.05. The van der Waals surface area contributed by atoms with Crippen LogP contribution in [0.25, 0.3) is 33.7 Å². The Bertz CT molecular complexity index is 1350. The lowest BCUT2D eigenvalue weighted by Gasteiger charge is -2.17. The summed E-state index contributed by atoms with van der Waals surface area (Å²) in [5.74, 6) is 0.772. The van der Waals surface area contributed by atoms with Gasteiger partial charge in [-0.15, -0.1) is 0 Å². The molecular weight excluding hydrogens is 422 g/mol. The Hall–Kier alpha value is -3.83. The van der Waals surface area contributed by atoms with Crippen LogP contribution in [-0.2, 0) is 4.79 Å². The van der Waals surface area contributed by atoms with Crippen molar-refractivity contribution < 1.29 is 9.53 Å². The molecule has 1 aliphatic heterocycles. The Kier molecular flexibility index (Phi) is 6.19. The molecule has 0 atom stereocenters. The molecule has 5 rings (SSSR count). The molecule has 0 aliphatic carbocycles. The molecule has 0 unspecified atom stereocenters. The number of ether oxygens (including phenoxy) is 1. The Morgan fingerprint density at radius 3 is 2.53 bits per heavy atom. The van der Waals surface area contributed by atoms with E-state index >= 15 is 0 Å². The summed E-state index contributed by atoms with van der Waals surface area (Å²) in [6.07, 6.45) is 1.93. The third-order valence-corrected chi connectivity index (χ3v) is 6.39. The number of amides is 1. The maximum absolute atomic E-state index is 12.8. The van der Waals surface area contributed by atoms with Gasteiger partial charge in [-0.2, -0.15) is 0 Å². The van der Waals surface area contributed by atoms with Crippen LogP contribution in [0.15, 0.2) is 72.8 Å². The van der Waals surface area contributed by atoms with Crippen LogP contribution in [0.4, 0.5) is 5.69 Å². The quantitative estimate of drug-likeness (QED) is 0.321. The van der Waals surface area contributed by atoms with Crippen molar-refractivity contribution >= 4 is 34.1 Å². The van der Waals surface area contributed by atoms with Crippen LogP contribution >= 0.6 is 0 Å². The molecule has 1 aromatic heterocycles. The van der Waals surface area contributed by atoms with Gasteiger partial charge >= 0.3 is 0 Å². The van der Waals surface area contributed by atoms with E-state index in [1.54, 1.807) is 0 Å². The summed E-state index contributed by atoms with van der Waals surface area (Å²) in [6, 6.07) is 24.4. The fraction of sp³-hybridized carbons (Fsp3) is 0.207. The number of aromatic amines is 1. The number of nitrogens with one attached hydrogen (secondary N) is 2. The van der Waals surface area contributed by atoms with Crippen LogP contribution in [0.1, 0.15) is 25.1 Å². The Morgan fingerprint density at radius 2 is 1.74 bits per heavy atom. The average molecular weight is 452 g/mol. The van der Waals surface area contributed by atoms with Crippen LogP contribution in [-0.4, -0.2) is 42.0 Å². The zero-order chi connectivity index (χ0) is 23.5. The van der Waals surface area contributed by atoms with Gasteiger partial charge < -0.3 is 19.9 Å². The van der Waals surface area contributed by atoms with Crippen molar-refractivity contribution in [2.24, 2.45) is 0 Å². The molecule has 0 fully saturated rings. The maximum atomic E-state index is 12.8. The first-order valence-electron chi connectivity index (χ1n) is 11.9. The minimum Gasteiger partial charge on any atom is -0.492 e. The fourth-order valence-corrected chi connectivity index (χ4v) is 4.43. The summed E-state index contributed by atoms with van der Waals surface area (Å²) >= 11 is 0. The number of nitrogens with zero attached hydrogens (tertiary/aromatic N) is 1. The summed E-state index contributed by atoms with van der Waals surface area (Å²) in [7, 11) is 0. The number of fused-ring (bicyclic) bond motifs is 2. The number of aromatic nitrogens is 1. The molecule has 3 aromatic carbocycles. The van der Waals surface area contributed by atoms with Gasteiger partial charge in [0.15, 0.2) is 0 Å². The molecule has 34 heavy (non-hydrogen) atoms. The van der Waals surface area contributed by atoms with Crippen LogP contribution in [0.5, 0.6) is 5.75 Å². The van der Waals surface area contributed by atoms with Crippen LogP contribution in [0.2, 0.25) is 0 Å². The highest BCUT2D eigenvalue weighted by Crippen LogP contribution is 2.36. The van der Waals surface area contributed by atoms with E-state index in [0.717, 1.165) is 64.4 Å². The Morgan fingerprint density at radius 1 is 0.912 bits per heavy atom. The number of H-pyrrole nitrogens is 1. The number of hydrogen-bond donors (Lipinski definition) is 2. The van der Waals surface area contributed by atoms with E-state index in [9.17, 15) is 4.79 Å². The molecule has 5 nitrogen and oxygen atoms in total. The standard InChI is InChI=1S/C29H29N3O2/c1-3-32(4-2)14-15-34-24-11-13-27-22(17-24)16-23(30-27)19-26-25-18-21(20-8-6-5-7-9-20)10-12-28(25)31-29(26)33/h5-13,16-19,30H,3-4,14-15H2,1-2H3,(H,31,33)/b26-19-. The minimum atomic E-state index is -0.0840.